The fraction of sp³-hybridized carbons (Fsp3) is 0.750. The van der Waals surface area contributed by atoms with Crippen LogP contribution >= 0.6 is 0 Å². The minimum Gasteiger partial charge on any atom is -0.464 e. The number of hydrogen-bond donors (Lipinski definition) is 1. The standard InChI is InChI=1S/C8H14O4/c1-3-6(9)5-7(10)8(11)12-4-2/h7,10H,3-5H2,1-2H3. The average Bonchev–Trinajstić information content (AvgIpc) is 2.04. The zero-order valence-corrected chi connectivity index (χ0v) is 7.37. The molecule has 0 amide bonds. The Morgan fingerprint density at radius 3 is 2.42 bits per heavy atom. The number of aliphatic hydroxyl groups excluding tert-OH is 1. The van der Waals surface area contributed by atoms with Crippen molar-refractivity contribution < 1.29 is 19.4 Å². The molecule has 0 saturated heterocycles. The molecule has 0 saturated carbocycles. The number of aliphatic hydroxyl groups is 1. The SMILES string of the molecule is CCOC(=O)C(O)CC(=O)CC. The van der Waals surface area contributed by atoms with Crippen molar-refractivity contribution in [1.29, 1.82) is 0 Å². The van der Waals surface area contributed by atoms with Crippen molar-refractivity contribution in [3.63, 3.8) is 0 Å². The Hall–Kier alpha value is -0.900. The maximum atomic E-state index is 10.8. The third kappa shape index (κ3) is 4.08. The van der Waals surface area contributed by atoms with Gasteiger partial charge in [-0.2, -0.15) is 0 Å². The monoisotopic (exact) mass is 174 g/mol. The summed E-state index contributed by atoms with van der Waals surface area (Å²) in [5.41, 5.74) is 0. The van der Waals surface area contributed by atoms with E-state index in [0.717, 1.165) is 0 Å². The lowest BCUT2D eigenvalue weighted by Crippen LogP contribution is -2.25. The molecule has 0 rings (SSSR count). The number of carbonyl (C=O) groups excluding carboxylic acids is 2. The topological polar surface area (TPSA) is 63.6 Å². The maximum Gasteiger partial charge on any atom is 0.335 e. The maximum absolute atomic E-state index is 10.8. The Morgan fingerprint density at radius 1 is 1.42 bits per heavy atom. The Morgan fingerprint density at radius 2 is 2.00 bits per heavy atom. The molecule has 0 fully saturated rings. The van der Waals surface area contributed by atoms with E-state index >= 15 is 0 Å². The minimum absolute atomic E-state index is 0.143. The molecule has 0 radical (unpaired) electrons. The number of Topliss-reactive ketones (excluding diaryl/α,β-unsaturated/α-hetero) is 1. The number of esters is 1. The van der Waals surface area contributed by atoms with Crippen molar-refractivity contribution in [3.05, 3.63) is 0 Å². The van der Waals surface area contributed by atoms with Crippen LogP contribution in [0.3, 0.4) is 0 Å². The summed E-state index contributed by atoms with van der Waals surface area (Å²) < 4.78 is 4.51. The highest BCUT2D eigenvalue weighted by atomic mass is 16.5. The summed E-state index contributed by atoms with van der Waals surface area (Å²) in [6.07, 6.45) is -1.11. The van der Waals surface area contributed by atoms with Crippen LogP contribution < -0.4 is 0 Å². The summed E-state index contributed by atoms with van der Waals surface area (Å²) >= 11 is 0. The predicted octanol–water partition coefficient (Wildman–Crippen LogP) is 0.280. The smallest absolute Gasteiger partial charge is 0.335 e. The van der Waals surface area contributed by atoms with Crippen LogP contribution in [0.25, 0.3) is 0 Å². The van der Waals surface area contributed by atoms with Crippen LogP contribution in [0.15, 0.2) is 0 Å². The van der Waals surface area contributed by atoms with Gasteiger partial charge in [-0.05, 0) is 6.92 Å². The highest BCUT2D eigenvalue weighted by Crippen LogP contribution is 1.98. The molecule has 0 bridgehead atoms. The van der Waals surface area contributed by atoms with Crippen LogP contribution in [0.4, 0.5) is 0 Å². The van der Waals surface area contributed by atoms with Gasteiger partial charge in [0.2, 0.25) is 0 Å². The van der Waals surface area contributed by atoms with Crippen molar-refractivity contribution in [3.8, 4) is 0 Å². The van der Waals surface area contributed by atoms with E-state index in [1.807, 2.05) is 0 Å². The molecule has 1 N–H and O–H groups in total. The van der Waals surface area contributed by atoms with Crippen molar-refractivity contribution in [1.82, 2.24) is 0 Å². The molecule has 4 heteroatoms. The van der Waals surface area contributed by atoms with Crippen LogP contribution in [0.1, 0.15) is 26.7 Å². The van der Waals surface area contributed by atoms with Gasteiger partial charge in [-0.1, -0.05) is 6.92 Å². The van der Waals surface area contributed by atoms with E-state index in [1.54, 1.807) is 13.8 Å². The van der Waals surface area contributed by atoms with E-state index in [2.05, 4.69) is 4.74 Å². The molecule has 1 unspecified atom stereocenters. The first-order valence-electron chi connectivity index (χ1n) is 3.98. The second-order valence-electron chi connectivity index (χ2n) is 2.36. The molecule has 1 atom stereocenters. The fourth-order valence-corrected chi connectivity index (χ4v) is 0.682. The van der Waals surface area contributed by atoms with Gasteiger partial charge in [0.15, 0.2) is 6.10 Å². The highest BCUT2D eigenvalue weighted by Gasteiger charge is 2.18. The zero-order chi connectivity index (χ0) is 9.56. The number of ketones is 1. The van der Waals surface area contributed by atoms with E-state index in [4.69, 9.17) is 5.11 Å². The average molecular weight is 174 g/mol. The van der Waals surface area contributed by atoms with Crippen LogP contribution in [-0.4, -0.2) is 29.6 Å². The predicted molar refractivity (Wildman–Crippen MR) is 42.6 cm³/mol. The fourth-order valence-electron chi connectivity index (χ4n) is 0.682. The van der Waals surface area contributed by atoms with Gasteiger partial charge in [-0.3, -0.25) is 4.79 Å². The number of hydrogen-bond acceptors (Lipinski definition) is 4. The Labute approximate surface area is 71.5 Å². The zero-order valence-electron chi connectivity index (χ0n) is 7.37. The van der Waals surface area contributed by atoms with Crippen molar-refractivity contribution in [2.45, 2.75) is 32.8 Å². The lowest BCUT2D eigenvalue weighted by molar-refractivity contribution is -0.154. The van der Waals surface area contributed by atoms with Crippen LogP contribution in [0.5, 0.6) is 0 Å². The molecule has 0 heterocycles. The van der Waals surface area contributed by atoms with Gasteiger partial charge in [-0.25, -0.2) is 4.79 Å². The Bertz CT molecular complexity index is 164. The molecule has 0 aliphatic rings. The molecule has 4 nitrogen and oxygen atoms in total. The van der Waals surface area contributed by atoms with E-state index in [-0.39, 0.29) is 18.8 Å². The first kappa shape index (κ1) is 11.1. The summed E-state index contributed by atoms with van der Waals surface area (Å²) in [7, 11) is 0. The van der Waals surface area contributed by atoms with Crippen LogP contribution in [0, 0.1) is 0 Å². The van der Waals surface area contributed by atoms with Crippen molar-refractivity contribution >= 4 is 11.8 Å². The summed E-state index contributed by atoms with van der Waals surface area (Å²) in [4.78, 5) is 21.5. The van der Waals surface area contributed by atoms with Gasteiger partial charge in [0.25, 0.3) is 0 Å². The molecule has 0 aliphatic heterocycles. The second-order valence-corrected chi connectivity index (χ2v) is 2.36. The van der Waals surface area contributed by atoms with Gasteiger partial charge in [0.1, 0.15) is 5.78 Å². The largest absolute Gasteiger partial charge is 0.464 e. The molecule has 0 aliphatic carbocycles. The minimum atomic E-state index is -1.29. The van der Waals surface area contributed by atoms with Crippen molar-refractivity contribution in [2.24, 2.45) is 0 Å². The second kappa shape index (κ2) is 5.71. The molecule has 70 valence electrons. The molecule has 0 aromatic carbocycles. The third-order valence-electron chi connectivity index (χ3n) is 1.37. The van der Waals surface area contributed by atoms with Gasteiger partial charge >= 0.3 is 5.97 Å². The molecule has 0 aromatic rings. The number of rotatable bonds is 5. The normalized spacial score (nSPS) is 12.2. The lowest BCUT2D eigenvalue weighted by atomic mass is 10.1. The van der Waals surface area contributed by atoms with Gasteiger partial charge in [0, 0.05) is 12.8 Å². The molecular weight excluding hydrogens is 160 g/mol. The van der Waals surface area contributed by atoms with E-state index in [1.165, 1.54) is 0 Å². The van der Waals surface area contributed by atoms with Crippen LogP contribution in [-0.2, 0) is 14.3 Å². The van der Waals surface area contributed by atoms with E-state index in [9.17, 15) is 9.59 Å². The molecule has 12 heavy (non-hydrogen) atoms. The van der Waals surface area contributed by atoms with E-state index in [0.29, 0.717) is 6.42 Å². The summed E-state index contributed by atoms with van der Waals surface area (Å²) in [6.45, 7) is 3.54. The molecular formula is C8H14O4. The quantitative estimate of drug-likeness (QED) is 0.608. The van der Waals surface area contributed by atoms with Crippen LogP contribution in [0.2, 0.25) is 0 Å². The van der Waals surface area contributed by atoms with Gasteiger partial charge < -0.3 is 9.84 Å². The number of carbonyl (C=O) groups is 2. The number of ether oxygens (including phenoxy) is 1. The highest BCUT2D eigenvalue weighted by molar-refractivity contribution is 5.85. The summed E-state index contributed by atoms with van der Waals surface area (Å²) in [6, 6.07) is 0. The third-order valence-corrected chi connectivity index (χ3v) is 1.37. The molecule has 0 spiro atoms. The summed E-state index contributed by atoms with van der Waals surface area (Å²) in [5.74, 6) is -0.866. The van der Waals surface area contributed by atoms with E-state index < -0.39 is 12.1 Å². The summed E-state index contributed by atoms with van der Waals surface area (Å²) in [5, 5.41) is 9.05. The lowest BCUT2D eigenvalue weighted by Gasteiger charge is -2.07. The van der Waals surface area contributed by atoms with Gasteiger partial charge in [-0.15, -0.1) is 0 Å². The van der Waals surface area contributed by atoms with Crippen molar-refractivity contribution in [2.75, 3.05) is 6.61 Å². The first-order chi connectivity index (χ1) is 5.61. The Balaban J connectivity index is 3.78. The first-order valence-corrected chi connectivity index (χ1v) is 3.98. The Kier molecular flexibility index (Phi) is 5.28. The molecule has 0 aromatic heterocycles. The van der Waals surface area contributed by atoms with Gasteiger partial charge in [0.05, 0.1) is 6.61 Å².